The maximum Gasteiger partial charge on any atom is 0.314 e. The van der Waals surface area contributed by atoms with E-state index in [9.17, 15) is 4.79 Å². The van der Waals surface area contributed by atoms with E-state index in [1.165, 1.54) is 0 Å². The van der Waals surface area contributed by atoms with Crippen molar-refractivity contribution < 1.29 is 4.79 Å². The van der Waals surface area contributed by atoms with E-state index >= 15 is 0 Å². The lowest BCUT2D eigenvalue weighted by Gasteiger charge is -2.31. The number of unbranched alkanes of at least 4 members (excludes halogenated alkanes) is 1. The zero-order valence-electron chi connectivity index (χ0n) is 18.1. The Labute approximate surface area is 201 Å². The van der Waals surface area contributed by atoms with E-state index in [0.717, 1.165) is 62.6 Å². The average molecular weight is 478 g/mol. The number of para-hydroxylation sites is 2. The average Bonchev–Trinajstić information content (AvgIpc) is 2.84. The minimum Gasteiger partial charge on any atom is -0.338 e. The number of alkyl halides is 1. The Kier molecular flexibility index (Phi) is 6.51. The topological polar surface area (TPSA) is 70.2 Å². The lowest BCUT2D eigenvalue weighted by molar-refractivity contribution is 0.241. The summed E-state index contributed by atoms with van der Waals surface area (Å²) in [7, 11) is 0. The highest BCUT2D eigenvalue weighted by Gasteiger charge is 2.27. The quantitative estimate of drug-likeness (QED) is 0.264. The van der Waals surface area contributed by atoms with Crippen LogP contribution in [0.2, 0.25) is 0 Å². The van der Waals surface area contributed by atoms with Crippen LogP contribution in [0.5, 0.6) is 0 Å². The molecule has 0 aliphatic carbocycles. The van der Waals surface area contributed by atoms with Crippen LogP contribution in [0.3, 0.4) is 0 Å². The Morgan fingerprint density at radius 1 is 0.848 bits per heavy atom. The van der Waals surface area contributed by atoms with Crippen molar-refractivity contribution in [1.29, 1.82) is 0 Å². The van der Waals surface area contributed by atoms with Gasteiger partial charge in [0.1, 0.15) is 11.6 Å². The molecule has 168 valence electrons. The Balaban J connectivity index is 1.41. The molecule has 0 saturated heterocycles. The van der Waals surface area contributed by atoms with Crippen molar-refractivity contribution in [2.45, 2.75) is 22.6 Å². The molecule has 0 fully saturated rings. The molecule has 6 nitrogen and oxygen atoms in total. The van der Waals surface area contributed by atoms with Gasteiger partial charge < -0.3 is 15.5 Å². The van der Waals surface area contributed by atoms with Crippen LogP contribution in [0.15, 0.2) is 70.5 Å². The van der Waals surface area contributed by atoms with Gasteiger partial charge in [0.15, 0.2) is 0 Å². The molecule has 8 heteroatoms. The first-order valence-electron chi connectivity index (χ1n) is 11.1. The van der Waals surface area contributed by atoms with Gasteiger partial charge in [0.2, 0.25) is 0 Å². The maximum atomic E-state index is 11.7. The molecule has 0 unspecified atom stereocenters. The summed E-state index contributed by atoms with van der Waals surface area (Å²) >= 11 is 7.34. The van der Waals surface area contributed by atoms with Crippen LogP contribution in [0.1, 0.15) is 12.8 Å². The van der Waals surface area contributed by atoms with E-state index in [4.69, 9.17) is 21.6 Å². The number of rotatable bonds is 7. The summed E-state index contributed by atoms with van der Waals surface area (Å²) in [4.78, 5) is 26.3. The standard InChI is InChI=1S/C25H24ClN5OS/c26-11-13-28-25(32)27-12-5-6-14-31-23-21(15-17-7-1-3-9-19(17)29-23)33-22-16-18-8-2-4-10-20(18)30-24(22)31/h1-4,7-10,15-16H,5-6,11-14H2,(H2,27,28,32). The third-order valence-electron chi connectivity index (χ3n) is 5.55. The number of aromatic nitrogens is 2. The highest BCUT2D eigenvalue weighted by Crippen LogP contribution is 2.48. The van der Waals surface area contributed by atoms with Crippen molar-refractivity contribution in [2.24, 2.45) is 0 Å². The van der Waals surface area contributed by atoms with Gasteiger partial charge in [0.05, 0.1) is 20.8 Å². The fourth-order valence-corrected chi connectivity index (χ4v) is 5.16. The SMILES string of the molecule is O=C(NCCCl)NCCCCN1c2nc3ccccc3cc2Sc2cc3ccccc3nc21. The van der Waals surface area contributed by atoms with Crippen LogP contribution in [0.25, 0.3) is 21.8 Å². The Morgan fingerprint density at radius 2 is 1.42 bits per heavy atom. The number of halogens is 1. The molecule has 3 heterocycles. The molecule has 0 atom stereocenters. The minimum absolute atomic E-state index is 0.179. The van der Waals surface area contributed by atoms with E-state index in [1.807, 2.05) is 36.4 Å². The highest BCUT2D eigenvalue weighted by molar-refractivity contribution is 7.99. The molecule has 2 aromatic carbocycles. The first-order valence-corrected chi connectivity index (χ1v) is 12.4. The second-order valence-electron chi connectivity index (χ2n) is 7.84. The predicted molar refractivity (Wildman–Crippen MR) is 136 cm³/mol. The van der Waals surface area contributed by atoms with Crippen molar-refractivity contribution in [3.05, 3.63) is 60.7 Å². The van der Waals surface area contributed by atoms with Crippen LogP contribution in [-0.2, 0) is 0 Å². The van der Waals surface area contributed by atoms with E-state index in [1.54, 1.807) is 11.8 Å². The van der Waals surface area contributed by atoms with Crippen molar-refractivity contribution >= 4 is 62.8 Å². The van der Waals surface area contributed by atoms with Crippen LogP contribution in [0.4, 0.5) is 16.4 Å². The fourth-order valence-electron chi connectivity index (χ4n) is 3.96. The first kappa shape index (κ1) is 21.8. The Morgan fingerprint density at radius 3 is 2.03 bits per heavy atom. The number of fused-ring (bicyclic) bond motifs is 4. The summed E-state index contributed by atoms with van der Waals surface area (Å²) in [5.74, 6) is 2.30. The van der Waals surface area contributed by atoms with Crippen molar-refractivity contribution in [3.63, 3.8) is 0 Å². The number of hydrogen-bond donors (Lipinski definition) is 2. The summed E-state index contributed by atoms with van der Waals surface area (Å²) in [6.07, 6.45) is 1.74. The summed E-state index contributed by atoms with van der Waals surface area (Å²) in [6, 6.07) is 20.7. The third kappa shape index (κ3) is 4.70. The van der Waals surface area contributed by atoms with Crippen LogP contribution in [0, 0.1) is 0 Å². The molecule has 1 aliphatic heterocycles. The van der Waals surface area contributed by atoms with Gasteiger partial charge in [-0.3, -0.25) is 0 Å². The zero-order chi connectivity index (χ0) is 22.6. The summed E-state index contributed by atoms with van der Waals surface area (Å²) in [5, 5.41) is 7.86. The molecule has 33 heavy (non-hydrogen) atoms. The lowest BCUT2D eigenvalue weighted by atomic mass is 10.2. The van der Waals surface area contributed by atoms with Crippen molar-refractivity contribution in [1.82, 2.24) is 20.6 Å². The number of urea groups is 1. The van der Waals surface area contributed by atoms with Gasteiger partial charge >= 0.3 is 6.03 Å². The van der Waals surface area contributed by atoms with Gasteiger partial charge in [0.25, 0.3) is 0 Å². The zero-order valence-corrected chi connectivity index (χ0v) is 19.6. The number of anilines is 2. The van der Waals surface area contributed by atoms with Gasteiger partial charge in [-0.15, -0.1) is 11.6 Å². The molecule has 2 aromatic heterocycles. The molecule has 0 bridgehead atoms. The second kappa shape index (κ2) is 9.85. The number of nitrogens with zero attached hydrogens (tertiary/aromatic N) is 3. The predicted octanol–water partition coefficient (Wildman–Crippen LogP) is 5.70. The fraction of sp³-hybridized carbons (Fsp3) is 0.240. The highest BCUT2D eigenvalue weighted by atomic mass is 35.5. The van der Waals surface area contributed by atoms with Gasteiger partial charge in [-0.05, 0) is 37.1 Å². The second-order valence-corrected chi connectivity index (χ2v) is 9.30. The summed E-state index contributed by atoms with van der Waals surface area (Å²) in [6.45, 7) is 1.83. The molecule has 0 saturated carbocycles. The number of amides is 2. The number of hydrogen-bond acceptors (Lipinski definition) is 5. The lowest BCUT2D eigenvalue weighted by Crippen LogP contribution is -2.37. The van der Waals surface area contributed by atoms with Crippen molar-refractivity contribution in [3.8, 4) is 0 Å². The Hall–Kier alpha value is -3.03. The van der Waals surface area contributed by atoms with Crippen molar-refractivity contribution in [2.75, 3.05) is 30.4 Å². The van der Waals surface area contributed by atoms with E-state index in [-0.39, 0.29) is 6.03 Å². The van der Waals surface area contributed by atoms with Gasteiger partial charge in [-0.1, -0.05) is 48.2 Å². The molecule has 1 aliphatic rings. The minimum atomic E-state index is -0.179. The maximum absolute atomic E-state index is 11.7. The normalized spacial score (nSPS) is 12.5. The van der Waals surface area contributed by atoms with Crippen LogP contribution >= 0.6 is 23.4 Å². The number of carbonyl (C=O) groups is 1. The number of benzene rings is 2. The van der Waals surface area contributed by atoms with Gasteiger partial charge in [-0.25, -0.2) is 14.8 Å². The van der Waals surface area contributed by atoms with Crippen LogP contribution in [-0.4, -0.2) is 41.5 Å². The van der Waals surface area contributed by atoms with E-state index in [0.29, 0.717) is 19.0 Å². The molecule has 0 radical (unpaired) electrons. The van der Waals surface area contributed by atoms with E-state index in [2.05, 4.69) is 39.8 Å². The number of carbonyl (C=O) groups excluding carboxylic acids is 1. The smallest absolute Gasteiger partial charge is 0.314 e. The van der Waals surface area contributed by atoms with Crippen LogP contribution < -0.4 is 15.5 Å². The van der Waals surface area contributed by atoms with Gasteiger partial charge in [-0.2, -0.15) is 0 Å². The number of nitrogens with one attached hydrogen (secondary N) is 2. The molecule has 2 amide bonds. The summed E-state index contributed by atoms with van der Waals surface area (Å²) in [5.41, 5.74) is 1.95. The molecular formula is C25H24ClN5OS. The number of pyridine rings is 2. The molecule has 4 aromatic rings. The Bertz CT molecular complexity index is 1230. The third-order valence-corrected chi connectivity index (χ3v) is 6.78. The van der Waals surface area contributed by atoms with E-state index < -0.39 is 0 Å². The first-order chi connectivity index (χ1) is 16.2. The molecule has 5 rings (SSSR count). The largest absolute Gasteiger partial charge is 0.338 e. The molecule has 0 spiro atoms. The monoisotopic (exact) mass is 477 g/mol. The molecule has 2 N–H and O–H groups in total. The van der Waals surface area contributed by atoms with Gasteiger partial charge in [0, 0.05) is 36.3 Å². The molecular weight excluding hydrogens is 454 g/mol. The summed E-state index contributed by atoms with van der Waals surface area (Å²) < 4.78 is 0.